The largest absolute Gasteiger partial charge is 0.367 e. The van der Waals surface area contributed by atoms with Crippen molar-refractivity contribution in [2.75, 3.05) is 31.1 Å². The first-order valence-electron chi connectivity index (χ1n) is 9.18. The van der Waals surface area contributed by atoms with Crippen LogP contribution in [0.5, 0.6) is 0 Å². The third kappa shape index (κ3) is 3.68. The Morgan fingerprint density at radius 2 is 1.83 bits per heavy atom. The Labute approximate surface area is 172 Å². The summed E-state index contributed by atoms with van der Waals surface area (Å²) >= 11 is 6.47. The van der Waals surface area contributed by atoms with Gasteiger partial charge in [0.1, 0.15) is 11.6 Å². The normalized spacial score (nSPS) is 14.3. The first-order chi connectivity index (χ1) is 14.0. The van der Waals surface area contributed by atoms with Gasteiger partial charge in [0, 0.05) is 65.7 Å². The number of fused-ring (bicyclic) bond motifs is 1. The highest BCUT2D eigenvalue weighted by Gasteiger charge is 2.22. The van der Waals surface area contributed by atoms with E-state index in [0.717, 1.165) is 17.1 Å². The maximum atomic E-state index is 14.3. The Balaban J connectivity index is 1.70. The van der Waals surface area contributed by atoms with Crippen LogP contribution in [-0.2, 0) is 4.79 Å². The highest BCUT2D eigenvalue weighted by atomic mass is 35.5. The van der Waals surface area contributed by atoms with Crippen molar-refractivity contribution in [3.05, 3.63) is 71.9 Å². The van der Waals surface area contributed by atoms with E-state index in [1.165, 1.54) is 18.2 Å². The molecule has 0 atom stereocenters. The summed E-state index contributed by atoms with van der Waals surface area (Å²) in [6, 6.07) is 8.79. The van der Waals surface area contributed by atoms with E-state index in [-0.39, 0.29) is 11.5 Å². The number of hydrogen-bond acceptors (Lipinski definition) is 3. The Morgan fingerprint density at radius 1 is 1.07 bits per heavy atom. The fraction of sp³-hybridized carbons (Fsp3) is 0.182. The van der Waals surface area contributed by atoms with E-state index in [9.17, 15) is 13.6 Å². The number of nitrogens with zero attached hydrogens (tertiary/aromatic N) is 3. The Morgan fingerprint density at radius 3 is 2.52 bits per heavy atom. The number of anilines is 1. The molecule has 1 fully saturated rings. The maximum Gasteiger partial charge on any atom is 0.246 e. The molecule has 0 bridgehead atoms. The van der Waals surface area contributed by atoms with Crippen molar-refractivity contribution >= 4 is 34.1 Å². The van der Waals surface area contributed by atoms with Gasteiger partial charge in [-0.3, -0.25) is 9.78 Å². The van der Waals surface area contributed by atoms with Gasteiger partial charge < -0.3 is 9.80 Å². The summed E-state index contributed by atoms with van der Waals surface area (Å²) in [7, 11) is 0. The van der Waals surface area contributed by atoms with E-state index >= 15 is 0 Å². The van der Waals surface area contributed by atoms with E-state index in [4.69, 9.17) is 11.6 Å². The fourth-order valence-corrected chi connectivity index (χ4v) is 3.90. The molecule has 1 aliphatic rings. The molecule has 7 heteroatoms. The van der Waals surface area contributed by atoms with E-state index in [0.29, 0.717) is 42.3 Å². The molecule has 0 unspecified atom stereocenters. The minimum atomic E-state index is -0.676. The Kier molecular flexibility index (Phi) is 5.20. The molecule has 29 heavy (non-hydrogen) atoms. The molecule has 2 heterocycles. The number of hydrogen-bond donors (Lipinski definition) is 0. The zero-order valence-corrected chi connectivity index (χ0v) is 16.3. The SMILES string of the molecule is C=CC(=O)N1CCN(c2ccnc3cc(-c4ccc(F)cc4F)c(Cl)cc23)CC1. The predicted octanol–water partition coefficient (Wildman–Crippen LogP) is 4.67. The summed E-state index contributed by atoms with van der Waals surface area (Å²) in [5.41, 5.74) is 2.30. The monoisotopic (exact) mass is 413 g/mol. The number of rotatable bonds is 3. The van der Waals surface area contributed by atoms with E-state index in [1.54, 1.807) is 23.2 Å². The molecule has 148 valence electrons. The molecule has 4 nitrogen and oxygen atoms in total. The van der Waals surface area contributed by atoms with Crippen molar-refractivity contribution in [2.45, 2.75) is 0 Å². The molecule has 3 aromatic rings. The molecular weight excluding hydrogens is 396 g/mol. The van der Waals surface area contributed by atoms with Crippen molar-refractivity contribution in [2.24, 2.45) is 0 Å². The lowest BCUT2D eigenvalue weighted by molar-refractivity contribution is -0.126. The minimum Gasteiger partial charge on any atom is -0.367 e. The Bertz CT molecular complexity index is 1110. The summed E-state index contributed by atoms with van der Waals surface area (Å²) in [5.74, 6) is -1.39. The lowest BCUT2D eigenvalue weighted by Crippen LogP contribution is -2.48. The molecule has 1 aromatic heterocycles. The molecule has 0 spiro atoms. The average Bonchev–Trinajstić information content (AvgIpc) is 2.73. The molecule has 1 saturated heterocycles. The fourth-order valence-electron chi connectivity index (χ4n) is 3.64. The third-order valence-corrected chi connectivity index (χ3v) is 5.45. The van der Waals surface area contributed by atoms with Gasteiger partial charge in [-0.15, -0.1) is 0 Å². The predicted molar refractivity (Wildman–Crippen MR) is 111 cm³/mol. The average molecular weight is 414 g/mol. The van der Waals surface area contributed by atoms with Gasteiger partial charge >= 0.3 is 0 Å². The first kappa shape index (κ1) is 19.3. The van der Waals surface area contributed by atoms with Crippen LogP contribution in [0.2, 0.25) is 5.02 Å². The van der Waals surface area contributed by atoms with Gasteiger partial charge in [-0.25, -0.2) is 8.78 Å². The van der Waals surface area contributed by atoms with Crippen molar-refractivity contribution < 1.29 is 13.6 Å². The Hall–Kier alpha value is -2.99. The lowest BCUT2D eigenvalue weighted by atomic mass is 10.0. The molecule has 1 aliphatic heterocycles. The van der Waals surface area contributed by atoms with Crippen LogP contribution >= 0.6 is 11.6 Å². The number of amides is 1. The van der Waals surface area contributed by atoms with Crippen LogP contribution in [0.15, 0.2) is 55.3 Å². The highest BCUT2D eigenvalue weighted by Crippen LogP contribution is 2.36. The van der Waals surface area contributed by atoms with Crippen molar-refractivity contribution in [1.82, 2.24) is 9.88 Å². The van der Waals surface area contributed by atoms with Gasteiger partial charge in [-0.1, -0.05) is 18.2 Å². The van der Waals surface area contributed by atoms with Gasteiger partial charge in [0.25, 0.3) is 0 Å². The number of carbonyl (C=O) groups is 1. The standard InChI is InChI=1S/C22H18ClF2N3O/c1-2-22(29)28-9-7-27(8-10-28)21-5-6-26-20-13-16(18(23)12-17(20)21)15-4-3-14(24)11-19(15)25/h2-6,11-13H,1,7-10H2. The van der Waals surface area contributed by atoms with Crippen molar-refractivity contribution in [1.29, 1.82) is 0 Å². The van der Waals surface area contributed by atoms with Crippen LogP contribution in [-0.4, -0.2) is 42.0 Å². The van der Waals surface area contributed by atoms with Crippen LogP contribution in [0.4, 0.5) is 14.5 Å². The van der Waals surface area contributed by atoms with E-state index in [2.05, 4.69) is 16.5 Å². The summed E-state index contributed by atoms with van der Waals surface area (Å²) < 4.78 is 27.5. The number of pyridine rings is 1. The number of benzene rings is 2. The molecule has 0 N–H and O–H groups in total. The zero-order chi connectivity index (χ0) is 20.5. The summed E-state index contributed by atoms with van der Waals surface area (Å²) in [4.78, 5) is 20.1. The molecule has 0 radical (unpaired) electrons. The van der Waals surface area contributed by atoms with Gasteiger partial charge in [0.05, 0.1) is 5.52 Å². The second-order valence-electron chi connectivity index (χ2n) is 6.82. The molecule has 0 aliphatic carbocycles. The number of piperazine rings is 1. The van der Waals surface area contributed by atoms with Crippen molar-refractivity contribution in [3.63, 3.8) is 0 Å². The summed E-state index contributed by atoms with van der Waals surface area (Å²) in [5, 5.41) is 1.20. The topological polar surface area (TPSA) is 36.4 Å². The van der Waals surface area contributed by atoms with E-state index in [1.807, 2.05) is 6.07 Å². The van der Waals surface area contributed by atoms with Gasteiger partial charge in [0.2, 0.25) is 5.91 Å². The number of aromatic nitrogens is 1. The number of carbonyl (C=O) groups excluding carboxylic acids is 1. The van der Waals surface area contributed by atoms with Crippen molar-refractivity contribution in [3.8, 4) is 11.1 Å². The highest BCUT2D eigenvalue weighted by molar-refractivity contribution is 6.34. The molecule has 0 saturated carbocycles. The molecule has 4 rings (SSSR count). The smallest absolute Gasteiger partial charge is 0.246 e. The quantitative estimate of drug-likeness (QED) is 0.585. The van der Waals surface area contributed by atoms with Crippen LogP contribution in [0.1, 0.15) is 0 Å². The lowest BCUT2D eigenvalue weighted by Gasteiger charge is -2.36. The molecule has 2 aromatic carbocycles. The second-order valence-corrected chi connectivity index (χ2v) is 7.23. The molecular formula is C22H18ClF2N3O. The number of halogens is 3. The zero-order valence-electron chi connectivity index (χ0n) is 15.5. The van der Waals surface area contributed by atoms with Gasteiger partial charge in [-0.2, -0.15) is 0 Å². The van der Waals surface area contributed by atoms with E-state index < -0.39 is 11.6 Å². The van der Waals surface area contributed by atoms with Gasteiger partial charge in [-0.05, 0) is 36.4 Å². The van der Waals surface area contributed by atoms with Crippen LogP contribution < -0.4 is 4.90 Å². The maximum absolute atomic E-state index is 14.3. The minimum absolute atomic E-state index is 0.0711. The van der Waals surface area contributed by atoms with Crippen LogP contribution in [0.25, 0.3) is 22.0 Å². The second kappa shape index (κ2) is 7.79. The summed E-state index contributed by atoms with van der Waals surface area (Å²) in [6.07, 6.45) is 3.02. The summed E-state index contributed by atoms with van der Waals surface area (Å²) in [6.45, 7) is 6.07. The molecule has 1 amide bonds. The first-order valence-corrected chi connectivity index (χ1v) is 9.55. The third-order valence-electron chi connectivity index (χ3n) is 5.14. The van der Waals surface area contributed by atoms with Crippen LogP contribution in [0, 0.1) is 11.6 Å². The van der Waals surface area contributed by atoms with Crippen LogP contribution in [0.3, 0.4) is 0 Å². The van der Waals surface area contributed by atoms with Gasteiger partial charge in [0.15, 0.2) is 0 Å².